The summed E-state index contributed by atoms with van der Waals surface area (Å²) in [5.41, 5.74) is 0. The zero-order valence-corrected chi connectivity index (χ0v) is 14.9. The van der Waals surface area contributed by atoms with Gasteiger partial charge in [0, 0.05) is 19.2 Å². The summed E-state index contributed by atoms with van der Waals surface area (Å²) >= 11 is 0. The van der Waals surface area contributed by atoms with E-state index in [4.69, 9.17) is 9.47 Å². The lowest BCUT2D eigenvalue weighted by molar-refractivity contribution is 0.331. The van der Waals surface area contributed by atoms with Gasteiger partial charge in [0.1, 0.15) is 36.1 Å². The van der Waals surface area contributed by atoms with Crippen molar-refractivity contribution < 1.29 is 9.47 Å². The Labute approximate surface area is 149 Å². The van der Waals surface area contributed by atoms with Crippen LogP contribution in [0, 0.1) is 5.92 Å². The highest BCUT2D eigenvalue weighted by Gasteiger charge is 2.17. The van der Waals surface area contributed by atoms with Crippen LogP contribution < -0.4 is 19.7 Å². The predicted octanol–water partition coefficient (Wildman–Crippen LogP) is 3.21. The van der Waals surface area contributed by atoms with E-state index in [-0.39, 0.29) is 0 Å². The average molecular weight is 342 g/mol. The Morgan fingerprint density at radius 1 is 1.12 bits per heavy atom. The summed E-state index contributed by atoms with van der Waals surface area (Å²) < 4.78 is 10.8. The van der Waals surface area contributed by atoms with Gasteiger partial charge in [0.05, 0.1) is 13.7 Å². The summed E-state index contributed by atoms with van der Waals surface area (Å²) in [4.78, 5) is 11.0. The van der Waals surface area contributed by atoms with E-state index in [1.165, 1.54) is 12.8 Å². The van der Waals surface area contributed by atoms with Crippen molar-refractivity contribution in [3.8, 4) is 11.5 Å². The van der Waals surface area contributed by atoms with Gasteiger partial charge in [-0.2, -0.15) is 0 Å². The lowest BCUT2D eigenvalue weighted by Gasteiger charge is -2.31. The molecule has 0 atom stereocenters. The molecule has 2 heterocycles. The largest absolute Gasteiger partial charge is 0.497 e. The Hall–Kier alpha value is -2.50. The number of hydrogen-bond acceptors (Lipinski definition) is 6. The smallest absolute Gasteiger partial charge is 0.134 e. The molecule has 1 fully saturated rings. The van der Waals surface area contributed by atoms with E-state index in [2.05, 4.69) is 27.1 Å². The Balaban J connectivity index is 1.45. The molecule has 0 amide bonds. The van der Waals surface area contributed by atoms with Crippen molar-refractivity contribution in [2.24, 2.45) is 5.92 Å². The summed E-state index contributed by atoms with van der Waals surface area (Å²) in [5, 5.41) is 3.30. The molecule has 1 aromatic heterocycles. The molecule has 1 aliphatic heterocycles. The van der Waals surface area contributed by atoms with Gasteiger partial charge >= 0.3 is 0 Å². The molecule has 0 radical (unpaired) electrons. The van der Waals surface area contributed by atoms with Gasteiger partial charge in [0.2, 0.25) is 0 Å². The number of benzene rings is 1. The SMILES string of the molecule is COc1ccc(OCCNc2cc(N3CCC(C)CC3)ncn2)cc1. The molecular formula is C19H26N4O2. The molecule has 0 aliphatic carbocycles. The lowest BCUT2D eigenvalue weighted by Crippen LogP contribution is -2.33. The first-order valence-corrected chi connectivity index (χ1v) is 8.82. The van der Waals surface area contributed by atoms with E-state index in [9.17, 15) is 0 Å². The number of methoxy groups -OCH3 is 1. The maximum absolute atomic E-state index is 5.71. The number of piperidine rings is 1. The predicted molar refractivity (Wildman–Crippen MR) is 99.6 cm³/mol. The van der Waals surface area contributed by atoms with E-state index in [0.29, 0.717) is 13.2 Å². The van der Waals surface area contributed by atoms with Crippen molar-refractivity contribution in [2.75, 3.05) is 43.6 Å². The highest BCUT2D eigenvalue weighted by atomic mass is 16.5. The van der Waals surface area contributed by atoms with Gasteiger partial charge in [-0.3, -0.25) is 0 Å². The molecule has 25 heavy (non-hydrogen) atoms. The minimum atomic E-state index is 0.562. The van der Waals surface area contributed by atoms with Crippen LogP contribution >= 0.6 is 0 Å². The van der Waals surface area contributed by atoms with Gasteiger partial charge in [-0.25, -0.2) is 9.97 Å². The summed E-state index contributed by atoms with van der Waals surface area (Å²) in [5.74, 6) is 4.30. The molecular weight excluding hydrogens is 316 g/mol. The van der Waals surface area contributed by atoms with E-state index < -0.39 is 0 Å². The molecule has 1 aliphatic rings. The number of aromatic nitrogens is 2. The van der Waals surface area contributed by atoms with Gasteiger partial charge in [-0.15, -0.1) is 0 Å². The van der Waals surface area contributed by atoms with Crippen LogP contribution in [0.25, 0.3) is 0 Å². The Morgan fingerprint density at radius 2 is 1.84 bits per heavy atom. The molecule has 1 saturated heterocycles. The maximum Gasteiger partial charge on any atom is 0.134 e. The first kappa shape index (κ1) is 17.3. The minimum absolute atomic E-state index is 0.562. The molecule has 2 aromatic rings. The van der Waals surface area contributed by atoms with Crippen molar-refractivity contribution in [2.45, 2.75) is 19.8 Å². The molecule has 0 spiro atoms. The fourth-order valence-electron chi connectivity index (χ4n) is 2.87. The number of rotatable bonds is 7. The highest BCUT2D eigenvalue weighted by Crippen LogP contribution is 2.22. The van der Waals surface area contributed by atoms with Gasteiger partial charge in [0.15, 0.2) is 0 Å². The van der Waals surface area contributed by atoms with Crippen LogP contribution in [0.1, 0.15) is 19.8 Å². The fourth-order valence-corrected chi connectivity index (χ4v) is 2.87. The molecule has 0 saturated carbocycles. The Bertz CT molecular complexity index is 655. The second-order valence-corrected chi connectivity index (χ2v) is 6.38. The summed E-state index contributed by atoms with van der Waals surface area (Å²) in [6.07, 6.45) is 4.07. The zero-order valence-electron chi connectivity index (χ0n) is 14.9. The minimum Gasteiger partial charge on any atom is -0.497 e. The average Bonchev–Trinajstić information content (AvgIpc) is 2.66. The van der Waals surface area contributed by atoms with Crippen LogP contribution in [0.2, 0.25) is 0 Å². The molecule has 6 heteroatoms. The Kier molecular flexibility index (Phi) is 5.93. The third-order valence-electron chi connectivity index (χ3n) is 4.50. The molecule has 134 valence electrons. The van der Waals surface area contributed by atoms with Crippen molar-refractivity contribution >= 4 is 11.6 Å². The fraction of sp³-hybridized carbons (Fsp3) is 0.474. The number of nitrogens with one attached hydrogen (secondary N) is 1. The molecule has 0 bridgehead atoms. The number of ether oxygens (including phenoxy) is 2. The van der Waals surface area contributed by atoms with Crippen LogP contribution in [-0.4, -0.2) is 43.3 Å². The third kappa shape index (κ3) is 4.98. The van der Waals surface area contributed by atoms with Crippen LogP contribution in [0.3, 0.4) is 0 Å². The highest BCUT2D eigenvalue weighted by molar-refractivity contribution is 5.48. The monoisotopic (exact) mass is 342 g/mol. The van der Waals surface area contributed by atoms with Crippen LogP contribution in [-0.2, 0) is 0 Å². The van der Waals surface area contributed by atoms with E-state index in [1.54, 1.807) is 13.4 Å². The molecule has 3 rings (SSSR count). The van der Waals surface area contributed by atoms with Gasteiger partial charge in [0.25, 0.3) is 0 Å². The zero-order chi connectivity index (χ0) is 17.5. The van der Waals surface area contributed by atoms with Crippen LogP contribution in [0.4, 0.5) is 11.6 Å². The normalized spacial score (nSPS) is 15.0. The summed E-state index contributed by atoms with van der Waals surface area (Å²) in [6, 6.07) is 9.60. The maximum atomic E-state index is 5.71. The van der Waals surface area contributed by atoms with E-state index in [1.807, 2.05) is 30.3 Å². The van der Waals surface area contributed by atoms with Crippen LogP contribution in [0.15, 0.2) is 36.7 Å². The van der Waals surface area contributed by atoms with Gasteiger partial charge in [-0.1, -0.05) is 6.92 Å². The van der Waals surface area contributed by atoms with Crippen molar-refractivity contribution in [1.29, 1.82) is 0 Å². The quantitative estimate of drug-likeness (QED) is 0.780. The van der Waals surface area contributed by atoms with E-state index in [0.717, 1.165) is 42.1 Å². The topological polar surface area (TPSA) is 59.5 Å². The lowest BCUT2D eigenvalue weighted by atomic mass is 9.99. The number of nitrogens with zero attached hydrogens (tertiary/aromatic N) is 3. The molecule has 1 aromatic carbocycles. The van der Waals surface area contributed by atoms with Gasteiger partial charge < -0.3 is 19.7 Å². The van der Waals surface area contributed by atoms with E-state index >= 15 is 0 Å². The van der Waals surface area contributed by atoms with Crippen molar-refractivity contribution in [3.05, 3.63) is 36.7 Å². The second-order valence-electron chi connectivity index (χ2n) is 6.38. The Morgan fingerprint density at radius 3 is 2.56 bits per heavy atom. The number of hydrogen-bond donors (Lipinski definition) is 1. The number of anilines is 2. The molecule has 6 nitrogen and oxygen atoms in total. The van der Waals surface area contributed by atoms with Crippen molar-refractivity contribution in [3.63, 3.8) is 0 Å². The first-order chi connectivity index (χ1) is 12.2. The van der Waals surface area contributed by atoms with Crippen LogP contribution in [0.5, 0.6) is 11.5 Å². The summed E-state index contributed by atoms with van der Waals surface area (Å²) in [6.45, 7) is 5.69. The molecule has 0 unspecified atom stereocenters. The molecule has 1 N–H and O–H groups in total. The van der Waals surface area contributed by atoms with Gasteiger partial charge in [-0.05, 0) is 43.0 Å². The standard InChI is InChI=1S/C19H26N4O2/c1-15-7-10-23(11-8-15)19-13-18(21-14-22-19)20-9-12-25-17-5-3-16(24-2)4-6-17/h3-6,13-15H,7-12H2,1-2H3,(H,20,21,22). The third-order valence-corrected chi connectivity index (χ3v) is 4.50. The van der Waals surface area contributed by atoms with Crippen molar-refractivity contribution in [1.82, 2.24) is 9.97 Å². The summed E-state index contributed by atoms with van der Waals surface area (Å²) in [7, 11) is 1.65. The first-order valence-electron chi connectivity index (χ1n) is 8.82. The second kappa shape index (κ2) is 8.55.